The van der Waals surface area contributed by atoms with Gasteiger partial charge >= 0.3 is 0 Å². The molecule has 0 aliphatic heterocycles. The molecule has 86 valence electrons. The van der Waals surface area contributed by atoms with Crippen molar-refractivity contribution in [1.29, 1.82) is 0 Å². The lowest BCUT2D eigenvalue weighted by Gasteiger charge is -2.25. The number of rotatable bonds is 2. The van der Waals surface area contributed by atoms with Crippen molar-refractivity contribution in [3.63, 3.8) is 0 Å². The van der Waals surface area contributed by atoms with Crippen LogP contribution in [0.1, 0.15) is 41.7 Å². The molecule has 0 spiro atoms. The van der Waals surface area contributed by atoms with Crippen LogP contribution in [0.3, 0.4) is 0 Å². The summed E-state index contributed by atoms with van der Waals surface area (Å²) < 4.78 is 0. The monoisotopic (exact) mass is 218 g/mol. The Morgan fingerprint density at radius 3 is 2.88 bits per heavy atom. The van der Waals surface area contributed by atoms with Gasteiger partial charge in [-0.05, 0) is 38.3 Å². The predicted octanol–water partition coefficient (Wildman–Crippen LogP) is 2.09. The van der Waals surface area contributed by atoms with Crippen LogP contribution >= 0.6 is 0 Å². The number of hydrogen-bond acceptors (Lipinski definition) is 3. The number of ketones is 1. The van der Waals surface area contributed by atoms with Crippen LogP contribution in [0.15, 0.2) is 18.3 Å². The van der Waals surface area contributed by atoms with Gasteiger partial charge in [0.2, 0.25) is 0 Å². The molecule has 1 aromatic heterocycles. The zero-order chi connectivity index (χ0) is 11.5. The number of pyridine rings is 1. The second-order valence-electron chi connectivity index (χ2n) is 4.68. The first-order chi connectivity index (χ1) is 7.66. The van der Waals surface area contributed by atoms with Gasteiger partial charge in [-0.2, -0.15) is 0 Å². The number of carbonyl (C=O) groups excluding carboxylic acids is 1. The normalized spacial score (nSPS) is 25.4. The van der Waals surface area contributed by atoms with E-state index in [0.29, 0.717) is 0 Å². The van der Waals surface area contributed by atoms with E-state index in [1.807, 2.05) is 19.1 Å². The van der Waals surface area contributed by atoms with Crippen LogP contribution in [0.5, 0.6) is 0 Å². The number of Topliss-reactive ketones (excluding diaryl/α,β-unsaturated/α-hetero) is 1. The van der Waals surface area contributed by atoms with Gasteiger partial charge in [-0.1, -0.05) is 6.42 Å². The summed E-state index contributed by atoms with van der Waals surface area (Å²) in [6, 6.07) is 3.95. The van der Waals surface area contributed by atoms with E-state index in [2.05, 4.69) is 4.98 Å². The molecule has 2 atom stereocenters. The van der Waals surface area contributed by atoms with E-state index in [4.69, 9.17) is 5.73 Å². The number of nitrogens with two attached hydrogens (primary N) is 1. The van der Waals surface area contributed by atoms with Crippen molar-refractivity contribution in [3.8, 4) is 0 Å². The summed E-state index contributed by atoms with van der Waals surface area (Å²) in [6.45, 7) is 1.92. The molecule has 3 nitrogen and oxygen atoms in total. The van der Waals surface area contributed by atoms with Crippen molar-refractivity contribution in [2.45, 2.75) is 38.6 Å². The highest BCUT2D eigenvalue weighted by atomic mass is 16.1. The second-order valence-corrected chi connectivity index (χ2v) is 4.68. The maximum Gasteiger partial charge on any atom is 0.167 e. The van der Waals surface area contributed by atoms with Crippen LogP contribution in [0, 0.1) is 12.8 Å². The Bertz CT molecular complexity index is 372. The third kappa shape index (κ3) is 2.47. The second kappa shape index (κ2) is 4.74. The summed E-state index contributed by atoms with van der Waals surface area (Å²) in [5, 5.41) is 0. The molecule has 0 amide bonds. The molecule has 1 saturated carbocycles. The molecule has 0 bridgehead atoms. The number of carbonyl (C=O) groups is 1. The van der Waals surface area contributed by atoms with Gasteiger partial charge in [0.25, 0.3) is 0 Å². The minimum atomic E-state index is 0.105. The lowest BCUT2D eigenvalue weighted by molar-refractivity contribution is 0.0881. The topological polar surface area (TPSA) is 56.0 Å². The molecule has 3 heteroatoms. The van der Waals surface area contributed by atoms with Gasteiger partial charge in [0.05, 0.1) is 0 Å². The SMILES string of the molecule is Cc1ccc(C(=O)C2CCCC(N)C2)cn1. The lowest BCUT2D eigenvalue weighted by Crippen LogP contribution is -2.31. The molecule has 0 aromatic carbocycles. The average molecular weight is 218 g/mol. The molecule has 1 fully saturated rings. The molecule has 2 unspecified atom stereocenters. The first-order valence-corrected chi connectivity index (χ1v) is 5.89. The van der Waals surface area contributed by atoms with Crippen molar-refractivity contribution in [2.24, 2.45) is 11.7 Å². The van der Waals surface area contributed by atoms with E-state index in [1.165, 1.54) is 0 Å². The Labute approximate surface area is 96.1 Å². The van der Waals surface area contributed by atoms with Crippen LogP contribution < -0.4 is 5.73 Å². The van der Waals surface area contributed by atoms with Crippen molar-refractivity contribution in [3.05, 3.63) is 29.6 Å². The van der Waals surface area contributed by atoms with Crippen LogP contribution in [0.25, 0.3) is 0 Å². The summed E-state index contributed by atoms with van der Waals surface area (Å²) in [7, 11) is 0. The molecular weight excluding hydrogens is 200 g/mol. The summed E-state index contributed by atoms with van der Waals surface area (Å²) in [5.74, 6) is 0.316. The Balaban J connectivity index is 2.09. The van der Waals surface area contributed by atoms with Crippen molar-refractivity contribution >= 4 is 5.78 Å². The fourth-order valence-corrected chi connectivity index (χ4v) is 2.31. The van der Waals surface area contributed by atoms with Crippen LogP contribution in [-0.2, 0) is 0 Å². The summed E-state index contributed by atoms with van der Waals surface area (Å²) >= 11 is 0. The summed E-state index contributed by atoms with van der Waals surface area (Å²) in [5.41, 5.74) is 7.57. The Morgan fingerprint density at radius 2 is 2.25 bits per heavy atom. The molecule has 1 heterocycles. The van der Waals surface area contributed by atoms with Crippen LogP contribution in [0.2, 0.25) is 0 Å². The van der Waals surface area contributed by atoms with Gasteiger partial charge in [-0.25, -0.2) is 0 Å². The highest BCUT2D eigenvalue weighted by molar-refractivity contribution is 5.97. The Morgan fingerprint density at radius 1 is 1.44 bits per heavy atom. The first kappa shape index (κ1) is 11.3. The van der Waals surface area contributed by atoms with Gasteiger partial charge in [-0.3, -0.25) is 9.78 Å². The molecular formula is C13H18N2O. The van der Waals surface area contributed by atoms with E-state index in [-0.39, 0.29) is 17.7 Å². The molecule has 16 heavy (non-hydrogen) atoms. The largest absolute Gasteiger partial charge is 0.328 e. The molecule has 1 aliphatic carbocycles. The van der Waals surface area contributed by atoms with Crippen molar-refractivity contribution in [1.82, 2.24) is 4.98 Å². The van der Waals surface area contributed by atoms with Gasteiger partial charge in [-0.15, -0.1) is 0 Å². The number of aromatic nitrogens is 1. The van der Waals surface area contributed by atoms with Crippen LogP contribution in [-0.4, -0.2) is 16.8 Å². The number of aryl methyl sites for hydroxylation is 1. The fraction of sp³-hybridized carbons (Fsp3) is 0.538. The average Bonchev–Trinajstić information content (AvgIpc) is 2.29. The highest BCUT2D eigenvalue weighted by Crippen LogP contribution is 2.26. The number of hydrogen-bond donors (Lipinski definition) is 1. The zero-order valence-corrected chi connectivity index (χ0v) is 9.65. The van der Waals surface area contributed by atoms with Gasteiger partial charge < -0.3 is 5.73 Å². The molecule has 1 aliphatic rings. The summed E-state index contributed by atoms with van der Waals surface area (Å²) in [4.78, 5) is 16.3. The number of nitrogens with zero attached hydrogens (tertiary/aromatic N) is 1. The maximum atomic E-state index is 12.2. The molecule has 1 aromatic rings. The quantitative estimate of drug-likeness (QED) is 0.773. The van der Waals surface area contributed by atoms with E-state index < -0.39 is 0 Å². The first-order valence-electron chi connectivity index (χ1n) is 5.89. The molecule has 0 saturated heterocycles. The van der Waals surface area contributed by atoms with Crippen molar-refractivity contribution in [2.75, 3.05) is 0 Å². The minimum Gasteiger partial charge on any atom is -0.328 e. The maximum absolute atomic E-state index is 12.2. The third-order valence-electron chi connectivity index (χ3n) is 3.28. The van der Waals surface area contributed by atoms with E-state index in [9.17, 15) is 4.79 Å². The summed E-state index contributed by atoms with van der Waals surface area (Å²) in [6.07, 6.45) is 5.59. The highest BCUT2D eigenvalue weighted by Gasteiger charge is 2.26. The fourth-order valence-electron chi connectivity index (χ4n) is 2.31. The molecule has 2 N–H and O–H groups in total. The van der Waals surface area contributed by atoms with E-state index >= 15 is 0 Å². The molecule has 0 radical (unpaired) electrons. The Kier molecular flexibility index (Phi) is 3.34. The van der Waals surface area contributed by atoms with Crippen molar-refractivity contribution < 1.29 is 4.79 Å². The zero-order valence-electron chi connectivity index (χ0n) is 9.65. The van der Waals surface area contributed by atoms with E-state index in [1.54, 1.807) is 6.20 Å². The smallest absolute Gasteiger partial charge is 0.167 e. The van der Waals surface area contributed by atoms with E-state index in [0.717, 1.165) is 36.9 Å². The predicted molar refractivity (Wildman–Crippen MR) is 63.2 cm³/mol. The van der Waals surface area contributed by atoms with Crippen LogP contribution in [0.4, 0.5) is 0 Å². The molecule has 2 rings (SSSR count). The Hall–Kier alpha value is -1.22. The third-order valence-corrected chi connectivity index (χ3v) is 3.28. The minimum absolute atomic E-state index is 0.105. The van der Waals surface area contributed by atoms with Gasteiger partial charge in [0, 0.05) is 29.4 Å². The van der Waals surface area contributed by atoms with Gasteiger partial charge in [0.1, 0.15) is 0 Å². The lowest BCUT2D eigenvalue weighted by atomic mass is 9.82. The standard InChI is InChI=1S/C13H18N2O/c1-9-5-6-11(8-15-9)13(16)10-3-2-4-12(14)7-10/h5-6,8,10,12H,2-4,7,14H2,1H3. The van der Waals surface area contributed by atoms with Gasteiger partial charge in [0.15, 0.2) is 5.78 Å².